The molecule has 0 saturated heterocycles. The van der Waals surface area contributed by atoms with Crippen molar-refractivity contribution < 1.29 is 14.0 Å². The second kappa shape index (κ2) is 6.74. The summed E-state index contributed by atoms with van der Waals surface area (Å²) in [5.74, 6) is -0.242. The highest BCUT2D eigenvalue weighted by molar-refractivity contribution is 7.71. The summed E-state index contributed by atoms with van der Waals surface area (Å²) in [7, 11) is 1.55. The van der Waals surface area contributed by atoms with Crippen LogP contribution in [0.15, 0.2) is 22.6 Å². The van der Waals surface area contributed by atoms with Crippen LogP contribution in [0.25, 0.3) is 11.1 Å². The number of hydrogen-bond acceptors (Lipinski definition) is 4. The molecule has 7 heteroatoms. The number of hydrogen-bond donors (Lipinski definition) is 3. The van der Waals surface area contributed by atoms with Crippen molar-refractivity contribution in [2.45, 2.75) is 26.3 Å². The summed E-state index contributed by atoms with van der Waals surface area (Å²) in [6.07, 6.45) is 0.568. The predicted molar refractivity (Wildman–Crippen MR) is 86.2 cm³/mol. The molecule has 1 heterocycles. The average Bonchev–Trinajstić information content (AvgIpc) is 2.84. The third kappa shape index (κ3) is 3.73. The fourth-order valence-corrected chi connectivity index (χ4v) is 2.41. The summed E-state index contributed by atoms with van der Waals surface area (Å²) in [4.78, 5) is 27.3. The number of oxazole rings is 1. The smallest absolute Gasteiger partial charge is 0.266 e. The Kier molecular flexibility index (Phi) is 4.97. The molecule has 2 amide bonds. The van der Waals surface area contributed by atoms with E-state index in [-0.39, 0.29) is 22.6 Å². The average molecular weight is 321 g/mol. The van der Waals surface area contributed by atoms with Crippen molar-refractivity contribution in [2.24, 2.45) is 5.92 Å². The number of benzene rings is 1. The van der Waals surface area contributed by atoms with Crippen molar-refractivity contribution in [1.82, 2.24) is 15.6 Å². The van der Waals surface area contributed by atoms with Crippen LogP contribution >= 0.6 is 12.2 Å². The van der Waals surface area contributed by atoms with E-state index < -0.39 is 6.04 Å². The number of carbonyl (C=O) groups excluding carboxylic acids is 2. The van der Waals surface area contributed by atoms with E-state index in [9.17, 15) is 9.59 Å². The number of likely N-dealkylation sites (N-methyl/N-ethyl adjacent to an activating group) is 1. The van der Waals surface area contributed by atoms with E-state index in [1.54, 1.807) is 25.2 Å². The van der Waals surface area contributed by atoms with Crippen LogP contribution in [0.3, 0.4) is 0 Å². The topological polar surface area (TPSA) is 87.1 Å². The number of nitrogens with one attached hydrogen (secondary N) is 3. The van der Waals surface area contributed by atoms with Crippen LogP contribution in [0, 0.1) is 10.8 Å². The Morgan fingerprint density at radius 2 is 2.09 bits per heavy atom. The molecule has 6 nitrogen and oxygen atoms in total. The first kappa shape index (κ1) is 16.2. The molecular formula is C15H19N3O3S. The standard InChI is InChI=1S/C15H19N3O3S/c1-8(2)6-11(14(20)16-3)17-13(19)9-4-5-10-12(7-9)21-15(22)18-10/h4-5,7-8,11H,6H2,1-3H3,(H,16,20)(H,17,19)(H,18,22)/t11-/m0/s1. The molecule has 2 rings (SSSR count). The van der Waals surface area contributed by atoms with Gasteiger partial charge in [-0.2, -0.15) is 0 Å². The van der Waals surface area contributed by atoms with Gasteiger partial charge in [0.1, 0.15) is 6.04 Å². The molecule has 0 radical (unpaired) electrons. The van der Waals surface area contributed by atoms with Gasteiger partial charge >= 0.3 is 0 Å². The van der Waals surface area contributed by atoms with Crippen LogP contribution in [0.4, 0.5) is 0 Å². The molecule has 0 aliphatic carbocycles. The fourth-order valence-electron chi connectivity index (χ4n) is 2.21. The van der Waals surface area contributed by atoms with E-state index in [0.717, 1.165) is 5.52 Å². The van der Waals surface area contributed by atoms with Crippen LogP contribution in [-0.4, -0.2) is 29.9 Å². The van der Waals surface area contributed by atoms with Crippen LogP contribution in [-0.2, 0) is 4.79 Å². The first-order chi connectivity index (χ1) is 10.4. The maximum absolute atomic E-state index is 12.3. The van der Waals surface area contributed by atoms with Crippen molar-refractivity contribution in [3.63, 3.8) is 0 Å². The zero-order chi connectivity index (χ0) is 16.3. The van der Waals surface area contributed by atoms with Crippen molar-refractivity contribution >= 4 is 35.1 Å². The summed E-state index contributed by atoms with van der Waals surface area (Å²) in [5, 5.41) is 5.33. The Bertz CT molecular complexity index is 748. The summed E-state index contributed by atoms with van der Waals surface area (Å²) in [5.41, 5.74) is 1.66. The third-order valence-electron chi connectivity index (χ3n) is 3.26. The molecule has 0 aliphatic rings. The predicted octanol–water partition coefficient (Wildman–Crippen LogP) is 2.38. The number of H-pyrrole nitrogens is 1. The van der Waals surface area contributed by atoms with E-state index in [0.29, 0.717) is 17.6 Å². The molecule has 22 heavy (non-hydrogen) atoms. The van der Waals surface area contributed by atoms with E-state index in [1.165, 1.54) is 0 Å². The minimum Gasteiger partial charge on any atom is -0.429 e. The number of carbonyl (C=O) groups is 2. The van der Waals surface area contributed by atoms with E-state index in [1.807, 2.05) is 13.8 Å². The lowest BCUT2D eigenvalue weighted by atomic mass is 10.0. The first-order valence-electron chi connectivity index (χ1n) is 7.06. The van der Waals surface area contributed by atoms with Crippen molar-refractivity contribution in [1.29, 1.82) is 0 Å². The van der Waals surface area contributed by atoms with E-state index in [2.05, 4.69) is 15.6 Å². The van der Waals surface area contributed by atoms with Crippen LogP contribution in [0.2, 0.25) is 0 Å². The minimum absolute atomic E-state index is 0.206. The highest BCUT2D eigenvalue weighted by Crippen LogP contribution is 2.16. The molecule has 0 spiro atoms. The molecule has 0 aliphatic heterocycles. The zero-order valence-corrected chi connectivity index (χ0v) is 13.5. The van der Waals surface area contributed by atoms with Gasteiger partial charge in [-0.3, -0.25) is 9.59 Å². The van der Waals surface area contributed by atoms with Crippen LogP contribution in [0.1, 0.15) is 30.6 Å². The maximum Gasteiger partial charge on any atom is 0.266 e. The van der Waals surface area contributed by atoms with Crippen molar-refractivity contribution in [2.75, 3.05) is 7.05 Å². The molecule has 1 atom stereocenters. The molecule has 118 valence electrons. The lowest BCUT2D eigenvalue weighted by molar-refractivity contribution is -0.122. The number of amides is 2. The molecule has 3 N–H and O–H groups in total. The monoisotopic (exact) mass is 321 g/mol. The van der Waals surface area contributed by atoms with Crippen molar-refractivity contribution in [3.05, 3.63) is 28.6 Å². The lowest BCUT2D eigenvalue weighted by Crippen LogP contribution is -2.46. The van der Waals surface area contributed by atoms with Crippen LogP contribution in [0.5, 0.6) is 0 Å². The molecule has 2 aromatic rings. The number of aromatic amines is 1. The summed E-state index contributed by atoms with van der Waals surface area (Å²) < 4.78 is 5.30. The van der Waals surface area contributed by atoms with Gasteiger partial charge in [-0.05, 0) is 42.8 Å². The van der Waals surface area contributed by atoms with Gasteiger partial charge < -0.3 is 20.0 Å². The van der Waals surface area contributed by atoms with Crippen molar-refractivity contribution in [3.8, 4) is 0 Å². The summed E-state index contributed by atoms with van der Waals surface area (Å²) in [6.45, 7) is 4.00. The molecule has 0 saturated carbocycles. The molecular weight excluding hydrogens is 302 g/mol. The van der Waals surface area contributed by atoms with Gasteiger partial charge in [-0.25, -0.2) is 0 Å². The summed E-state index contributed by atoms with van der Waals surface area (Å²) >= 11 is 4.91. The van der Waals surface area contributed by atoms with Gasteiger partial charge in [-0.15, -0.1) is 0 Å². The zero-order valence-electron chi connectivity index (χ0n) is 12.7. The highest BCUT2D eigenvalue weighted by atomic mass is 32.1. The molecule has 0 unspecified atom stereocenters. The molecule has 1 aromatic carbocycles. The van der Waals surface area contributed by atoms with Gasteiger partial charge in [0, 0.05) is 12.6 Å². The second-order valence-corrected chi connectivity index (χ2v) is 5.87. The quantitative estimate of drug-likeness (QED) is 0.738. The number of fused-ring (bicyclic) bond motifs is 1. The van der Waals surface area contributed by atoms with E-state index in [4.69, 9.17) is 16.6 Å². The Hall–Kier alpha value is -2.15. The summed E-state index contributed by atoms with van der Waals surface area (Å²) in [6, 6.07) is 4.42. The Labute approximate surface area is 133 Å². The lowest BCUT2D eigenvalue weighted by Gasteiger charge is -2.19. The number of rotatable bonds is 5. The third-order valence-corrected chi connectivity index (χ3v) is 3.44. The van der Waals surface area contributed by atoms with Gasteiger partial charge in [0.25, 0.3) is 10.7 Å². The van der Waals surface area contributed by atoms with Crippen LogP contribution < -0.4 is 10.6 Å². The minimum atomic E-state index is -0.564. The van der Waals surface area contributed by atoms with Gasteiger partial charge in [0.05, 0.1) is 5.52 Å². The normalized spacial score (nSPS) is 12.4. The maximum atomic E-state index is 12.3. The van der Waals surface area contributed by atoms with Gasteiger partial charge in [0.2, 0.25) is 5.91 Å². The SMILES string of the molecule is CNC(=O)[C@H](CC(C)C)NC(=O)c1ccc2[nH]c(=S)oc2c1. The molecule has 0 bridgehead atoms. The first-order valence-corrected chi connectivity index (χ1v) is 7.47. The Balaban J connectivity index is 2.20. The van der Waals surface area contributed by atoms with Gasteiger partial charge in [0.15, 0.2) is 5.58 Å². The second-order valence-electron chi connectivity index (χ2n) is 5.50. The number of aromatic nitrogens is 1. The molecule has 0 fully saturated rings. The fraction of sp³-hybridized carbons (Fsp3) is 0.400. The largest absolute Gasteiger partial charge is 0.429 e. The highest BCUT2D eigenvalue weighted by Gasteiger charge is 2.21. The van der Waals surface area contributed by atoms with E-state index >= 15 is 0 Å². The molecule has 1 aromatic heterocycles. The van der Waals surface area contributed by atoms with Gasteiger partial charge in [-0.1, -0.05) is 13.8 Å². The Morgan fingerprint density at radius 3 is 2.73 bits per heavy atom. The Morgan fingerprint density at radius 1 is 1.36 bits per heavy atom.